The molecule has 6 nitrogen and oxygen atoms in total. The van der Waals surface area contributed by atoms with E-state index in [2.05, 4.69) is 15.4 Å². The molecular formula is C23H16Cl2N4O2. The van der Waals surface area contributed by atoms with Crippen molar-refractivity contribution in [3.63, 3.8) is 0 Å². The minimum Gasteiger partial charge on any atom is -0.401 e. The van der Waals surface area contributed by atoms with Crippen LogP contribution in [-0.2, 0) is 4.74 Å². The molecule has 0 bridgehead atoms. The van der Waals surface area contributed by atoms with E-state index < -0.39 is 5.97 Å². The molecule has 0 aliphatic carbocycles. The SMILES string of the molecule is Cc1c(-c2ccccc2)nnn1/N=C(/OC(=O)c1ccccc1Cl)c1ccccc1Cl. The van der Waals surface area contributed by atoms with Crippen molar-refractivity contribution in [2.24, 2.45) is 5.10 Å². The average Bonchev–Trinajstić information content (AvgIpc) is 3.14. The zero-order valence-electron chi connectivity index (χ0n) is 16.4. The van der Waals surface area contributed by atoms with E-state index in [0.29, 0.717) is 22.0 Å². The molecule has 0 atom stereocenters. The summed E-state index contributed by atoms with van der Waals surface area (Å²) in [5.74, 6) is -0.687. The normalized spacial score (nSPS) is 11.4. The Kier molecular flexibility index (Phi) is 6.11. The summed E-state index contributed by atoms with van der Waals surface area (Å²) in [5.41, 5.74) is 2.88. The van der Waals surface area contributed by atoms with E-state index >= 15 is 0 Å². The molecule has 8 heteroatoms. The zero-order valence-corrected chi connectivity index (χ0v) is 17.9. The third-order valence-corrected chi connectivity index (χ3v) is 5.15. The van der Waals surface area contributed by atoms with Crippen LogP contribution in [0.3, 0.4) is 0 Å². The van der Waals surface area contributed by atoms with Crippen LogP contribution in [0.1, 0.15) is 21.6 Å². The van der Waals surface area contributed by atoms with Crippen molar-refractivity contribution in [2.45, 2.75) is 6.92 Å². The highest BCUT2D eigenvalue weighted by Gasteiger charge is 2.20. The lowest BCUT2D eigenvalue weighted by Gasteiger charge is -2.10. The van der Waals surface area contributed by atoms with E-state index in [1.54, 1.807) is 48.5 Å². The lowest BCUT2D eigenvalue weighted by Crippen LogP contribution is -2.17. The summed E-state index contributed by atoms with van der Waals surface area (Å²) in [4.78, 5) is 14.1. The smallest absolute Gasteiger partial charge is 0.346 e. The number of halogens is 2. The van der Waals surface area contributed by atoms with Crippen LogP contribution in [0.25, 0.3) is 11.3 Å². The quantitative estimate of drug-likeness (QED) is 0.229. The van der Waals surface area contributed by atoms with E-state index in [0.717, 1.165) is 5.56 Å². The number of hydrogen-bond donors (Lipinski definition) is 0. The molecular weight excluding hydrogens is 435 g/mol. The van der Waals surface area contributed by atoms with Crippen molar-refractivity contribution >= 4 is 35.1 Å². The molecule has 0 aliphatic heterocycles. The van der Waals surface area contributed by atoms with Gasteiger partial charge in [-0.05, 0) is 36.4 Å². The van der Waals surface area contributed by atoms with Crippen LogP contribution in [0.15, 0.2) is 84.0 Å². The molecule has 0 saturated carbocycles. The van der Waals surface area contributed by atoms with Gasteiger partial charge in [0.1, 0.15) is 5.69 Å². The Morgan fingerprint density at radius 2 is 1.45 bits per heavy atom. The number of benzene rings is 3. The first kappa shape index (κ1) is 20.8. The van der Waals surface area contributed by atoms with E-state index in [-0.39, 0.29) is 16.5 Å². The summed E-state index contributed by atoms with van der Waals surface area (Å²) in [6, 6.07) is 23.1. The van der Waals surface area contributed by atoms with Crippen LogP contribution in [0.2, 0.25) is 10.0 Å². The fourth-order valence-corrected chi connectivity index (χ4v) is 3.33. The Morgan fingerprint density at radius 1 is 0.871 bits per heavy atom. The second kappa shape index (κ2) is 9.12. The Morgan fingerprint density at radius 3 is 2.10 bits per heavy atom. The molecule has 0 fully saturated rings. The number of nitrogens with zero attached hydrogens (tertiary/aromatic N) is 4. The van der Waals surface area contributed by atoms with Gasteiger partial charge in [-0.3, -0.25) is 0 Å². The monoisotopic (exact) mass is 450 g/mol. The minimum absolute atomic E-state index is 0.0249. The average molecular weight is 451 g/mol. The van der Waals surface area contributed by atoms with Gasteiger partial charge >= 0.3 is 5.97 Å². The highest BCUT2D eigenvalue weighted by Crippen LogP contribution is 2.23. The van der Waals surface area contributed by atoms with E-state index in [1.807, 2.05) is 37.3 Å². The Bertz CT molecular complexity index is 1270. The molecule has 0 N–H and O–H groups in total. The van der Waals surface area contributed by atoms with Gasteiger partial charge in [0.05, 0.1) is 26.9 Å². The van der Waals surface area contributed by atoms with Gasteiger partial charge in [-0.15, -0.1) is 15.0 Å². The van der Waals surface area contributed by atoms with Gasteiger partial charge in [0.2, 0.25) is 0 Å². The molecule has 1 aromatic heterocycles. The highest BCUT2D eigenvalue weighted by molar-refractivity contribution is 6.35. The Labute approximate surface area is 188 Å². The summed E-state index contributed by atoms with van der Waals surface area (Å²) < 4.78 is 5.61. The van der Waals surface area contributed by atoms with Crippen LogP contribution < -0.4 is 0 Å². The van der Waals surface area contributed by atoms with Crippen LogP contribution in [0.4, 0.5) is 0 Å². The van der Waals surface area contributed by atoms with Gasteiger partial charge < -0.3 is 4.74 Å². The first-order valence-electron chi connectivity index (χ1n) is 9.33. The summed E-state index contributed by atoms with van der Waals surface area (Å²) >= 11 is 12.5. The third-order valence-electron chi connectivity index (χ3n) is 4.49. The van der Waals surface area contributed by atoms with Crippen LogP contribution in [0.5, 0.6) is 0 Å². The van der Waals surface area contributed by atoms with Crippen molar-refractivity contribution in [2.75, 3.05) is 0 Å². The fourth-order valence-electron chi connectivity index (χ4n) is 2.90. The van der Waals surface area contributed by atoms with Gasteiger partial charge in [-0.2, -0.15) is 0 Å². The van der Waals surface area contributed by atoms with Gasteiger partial charge in [0.25, 0.3) is 5.90 Å². The Balaban J connectivity index is 1.76. The molecule has 0 radical (unpaired) electrons. The van der Waals surface area contributed by atoms with E-state index in [9.17, 15) is 4.79 Å². The predicted molar refractivity (Wildman–Crippen MR) is 120 cm³/mol. The topological polar surface area (TPSA) is 69.4 Å². The van der Waals surface area contributed by atoms with Crippen molar-refractivity contribution in [1.29, 1.82) is 0 Å². The molecule has 4 aromatic rings. The summed E-state index contributed by atoms with van der Waals surface area (Å²) in [6.45, 7) is 1.83. The molecule has 0 aliphatic rings. The molecule has 1 heterocycles. The number of aromatic nitrogens is 3. The molecule has 31 heavy (non-hydrogen) atoms. The number of ether oxygens (including phenoxy) is 1. The zero-order chi connectivity index (χ0) is 21.8. The van der Waals surface area contributed by atoms with Crippen LogP contribution >= 0.6 is 23.2 Å². The van der Waals surface area contributed by atoms with E-state index in [1.165, 1.54) is 4.79 Å². The number of esters is 1. The molecule has 0 amide bonds. The fraction of sp³-hybridized carbons (Fsp3) is 0.0435. The predicted octanol–water partition coefficient (Wildman–Crippen LogP) is 5.63. The molecule has 0 spiro atoms. The maximum atomic E-state index is 12.8. The number of carbonyl (C=O) groups is 1. The molecule has 154 valence electrons. The third kappa shape index (κ3) is 4.50. The maximum absolute atomic E-state index is 12.8. The van der Waals surface area contributed by atoms with E-state index in [4.69, 9.17) is 27.9 Å². The number of hydrogen-bond acceptors (Lipinski definition) is 5. The van der Waals surface area contributed by atoms with Gasteiger partial charge in [0, 0.05) is 5.56 Å². The van der Waals surface area contributed by atoms with Crippen molar-refractivity contribution < 1.29 is 9.53 Å². The minimum atomic E-state index is -0.662. The van der Waals surface area contributed by atoms with Crippen molar-refractivity contribution in [1.82, 2.24) is 15.1 Å². The molecule has 0 saturated heterocycles. The lowest BCUT2D eigenvalue weighted by atomic mass is 10.1. The lowest BCUT2D eigenvalue weighted by molar-refractivity contribution is 0.0716. The van der Waals surface area contributed by atoms with Gasteiger partial charge in [-0.25, -0.2) is 4.79 Å². The largest absolute Gasteiger partial charge is 0.401 e. The van der Waals surface area contributed by atoms with Crippen LogP contribution in [0, 0.1) is 6.92 Å². The number of carbonyl (C=O) groups excluding carboxylic acids is 1. The summed E-state index contributed by atoms with van der Waals surface area (Å²) in [7, 11) is 0. The first-order chi connectivity index (χ1) is 15.0. The first-order valence-corrected chi connectivity index (χ1v) is 10.1. The van der Waals surface area contributed by atoms with Gasteiger partial charge in [0.15, 0.2) is 0 Å². The summed E-state index contributed by atoms with van der Waals surface area (Å²) in [5, 5.41) is 13.4. The summed E-state index contributed by atoms with van der Waals surface area (Å²) in [6.07, 6.45) is 0. The van der Waals surface area contributed by atoms with Crippen molar-refractivity contribution in [3.8, 4) is 11.3 Å². The van der Waals surface area contributed by atoms with Crippen LogP contribution in [-0.4, -0.2) is 27.0 Å². The number of rotatable bonds is 4. The van der Waals surface area contributed by atoms with Crippen molar-refractivity contribution in [3.05, 3.63) is 106 Å². The highest BCUT2D eigenvalue weighted by atomic mass is 35.5. The second-order valence-corrected chi connectivity index (χ2v) is 7.35. The second-order valence-electron chi connectivity index (χ2n) is 6.53. The molecule has 0 unspecified atom stereocenters. The molecule has 4 rings (SSSR count). The Hall–Kier alpha value is -3.48. The van der Waals surface area contributed by atoms with Gasteiger partial charge in [-0.1, -0.05) is 77.8 Å². The molecule has 3 aromatic carbocycles. The standard InChI is InChI=1S/C23H16Cl2N4O2/c1-15-21(16-9-3-2-4-10-16)26-28-29(15)27-22(17-11-5-7-13-19(17)24)31-23(30)18-12-6-8-14-20(18)25/h2-14H,1H3/b27-22+. The maximum Gasteiger partial charge on any atom is 0.346 e.